The number of nitrogens with zero attached hydrogens (tertiary/aromatic N) is 4. The van der Waals surface area contributed by atoms with Gasteiger partial charge in [-0.05, 0) is 69.7 Å². The van der Waals surface area contributed by atoms with Gasteiger partial charge in [0.15, 0.2) is 5.84 Å². The second-order valence-corrected chi connectivity index (χ2v) is 16.8. The van der Waals surface area contributed by atoms with Gasteiger partial charge in [0.05, 0.1) is 28.8 Å². The molecule has 3 aliphatic heterocycles. The standard InChI is InChI=1S/C57H43N7/c1-4-10-37(11-5-1)47-31-28-41-22-23-42-29-32-48(61-54(42)53(41)60-47)38-18-16-36(17-19-38)45-24-20-39-26-30-49(58-51(39)34-45)46-25-21-40-27-33-50(59-52(40)35-46)57-63-55(43-12-6-2-7-13-43)62-56(64-57)44-14-8-3-9-15-44/h1-18,20-35,38,47,51,55,58,60H,19H2,(H,62,63,64). The van der Waals surface area contributed by atoms with Crippen LogP contribution in [0.4, 0.5) is 5.69 Å². The highest BCUT2D eigenvalue weighted by Crippen LogP contribution is 2.38. The van der Waals surface area contributed by atoms with E-state index in [4.69, 9.17) is 20.0 Å². The first-order valence-corrected chi connectivity index (χ1v) is 22.0. The predicted octanol–water partition coefficient (Wildman–Crippen LogP) is 11.9. The van der Waals surface area contributed by atoms with E-state index in [-0.39, 0.29) is 24.2 Å². The fourth-order valence-corrected chi connectivity index (χ4v) is 9.22. The first-order chi connectivity index (χ1) is 31.6. The summed E-state index contributed by atoms with van der Waals surface area (Å²) < 4.78 is 0. The Balaban J connectivity index is 0.770. The molecule has 7 nitrogen and oxygen atoms in total. The summed E-state index contributed by atoms with van der Waals surface area (Å²) in [4.78, 5) is 20.5. The molecular weight excluding hydrogens is 783 g/mol. The van der Waals surface area contributed by atoms with E-state index in [9.17, 15) is 0 Å². The van der Waals surface area contributed by atoms with Gasteiger partial charge < -0.3 is 16.0 Å². The van der Waals surface area contributed by atoms with Crippen LogP contribution >= 0.6 is 0 Å². The molecule has 3 N–H and O–H groups in total. The van der Waals surface area contributed by atoms with E-state index in [2.05, 4.69) is 180 Å². The Hall–Kier alpha value is -8.16. The zero-order valence-corrected chi connectivity index (χ0v) is 34.9. The highest BCUT2D eigenvalue weighted by molar-refractivity contribution is 6.12. The van der Waals surface area contributed by atoms with Crippen molar-refractivity contribution < 1.29 is 0 Å². The highest BCUT2D eigenvalue weighted by Gasteiger charge is 2.25. The summed E-state index contributed by atoms with van der Waals surface area (Å²) in [6, 6.07) is 50.6. The van der Waals surface area contributed by atoms with E-state index >= 15 is 0 Å². The van der Waals surface area contributed by atoms with Crippen molar-refractivity contribution in [2.45, 2.75) is 30.6 Å². The minimum atomic E-state index is -0.286. The van der Waals surface area contributed by atoms with Crippen LogP contribution in [0.1, 0.15) is 63.8 Å². The highest BCUT2D eigenvalue weighted by atomic mass is 15.2. The number of amidine groups is 2. The number of aromatic nitrogens is 2. The Morgan fingerprint density at radius 1 is 0.562 bits per heavy atom. The van der Waals surface area contributed by atoms with Crippen LogP contribution in [-0.2, 0) is 0 Å². The average molecular weight is 826 g/mol. The Bertz CT molecular complexity index is 3280. The number of benzene rings is 5. The molecule has 0 amide bonds. The number of dihydropyridines is 1. The second kappa shape index (κ2) is 15.9. The lowest BCUT2D eigenvalue weighted by atomic mass is 9.86. The molecule has 0 radical (unpaired) electrons. The molecule has 5 aliphatic rings. The van der Waals surface area contributed by atoms with E-state index in [1.807, 2.05) is 42.5 Å². The third-order valence-electron chi connectivity index (χ3n) is 12.7. The molecular formula is C57H43N7. The molecule has 7 aromatic rings. The van der Waals surface area contributed by atoms with Crippen LogP contribution in [0, 0.1) is 0 Å². The smallest absolute Gasteiger partial charge is 0.178 e. The van der Waals surface area contributed by atoms with Crippen molar-refractivity contribution in [2.75, 3.05) is 5.32 Å². The lowest BCUT2D eigenvalue weighted by Gasteiger charge is -2.28. The van der Waals surface area contributed by atoms with E-state index in [0.29, 0.717) is 5.84 Å². The normalized spacial score (nSPS) is 20.9. The zero-order chi connectivity index (χ0) is 42.4. The molecule has 0 bridgehead atoms. The molecule has 0 fully saturated rings. The molecule has 7 heteroatoms. The van der Waals surface area contributed by atoms with E-state index in [1.54, 1.807) is 0 Å². The number of hydrogen-bond acceptors (Lipinski definition) is 7. The van der Waals surface area contributed by atoms with Crippen molar-refractivity contribution in [2.24, 2.45) is 9.98 Å². The Kier molecular flexibility index (Phi) is 9.37. The van der Waals surface area contributed by atoms with Gasteiger partial charge in [-0.2, -0.15) is 0 Å². The number of anilines is 1. The van der Waals surface area contributed by atoms with Crippen molar-refractivity contribution in [3.05, 3.63) is 256 Å². The average Bonchev–Trinajstić information content (AvgIpc) is 3.38. The monoisotopic (exact) mass is 825 g/mol. The van der Waals surface area contributed by atoms with Crippen molar-refractivity contribution in [1.29, 1.82) is 0 Å². The summed E-state index contributed by atoms with van der Waals surface area (Å²) >= 11 is 0. The molecule has 5 aromatic carbocycles. The first kappa shape index (κ1) is 37.6. The van der Waals surface area contributed by atoms with Gasteiger partial charge >= 0.3 is 0 Å². The summed E-state index contributed by atoms with van der Waals surface area (Å²) in [7, 11) is 0. The molecule has 5 heterocycles. The molecule has 2 aromatic heterocycles. The molecule has 306 valence electrons. The lowest BCUT2D eigenvalue weighted by molar-refractivity contribution is 0.674. The fourth-order valence-electron chi connectivity index (χ4n) is 9.22. The Morgan fingerprint density at radius 2 is 1.34 bits per heavy atom. The molecule has 4 atom stereocenters. The topological polar surface area (TPSA) is 86.6 Å². The summed E-state index contributed by atoms with van der Waals surface area (Å²) in [5, 5.41) is 13.4. The number of fused-ring (bicyclic) bond motifs is 5. The maximum atomic E-state index is 5.30. The number of hydrogen-bond donors (Lipinski definition) is 3. The number of aliphatic imine (C=N–C) groups is 2. The third kappa shape index (κ3) is 7.17. The number of allylic oxidation sites excluding steroid dienone is 8. The van der Waals surface area contributed by atoms with Crippen LogP contribution in [-0.4, -0.2) is 27.7 Å². The second-order valence-electron chi connectivity index (χ2n) is 16.8. The van der Waals surface area contributed by atoms with Crippen LogP contribution in [0.3, 0.4) is 0 Å². The molecule has 0 spiro atoms. The molecule has 12 rings (SSSR count). The van der Waals surface area contributed by atoms with Gasteiger partial charge in [-0.3, -0.25) is 0 Å². The quantitative estimate of drug-likeness (QED) is 0.149. The van der Waals surface area contributed by atoms with E-state index < -0.39 is 0 Å². The van der Waals surface area contributed by atoms with Crippen molar-refractivity contribution in [3.8, 4) is 0 Å². The SMILES string of the molecule is C1=CC2=CC=C(c3ccc4ccc(C5=NC(c6ccccc6)NC(c6ccccc6)=N5)nc4c3)NC2C=C1C1=CCC(c2ccc3ccc4c(c3n2)NC(c2ccccc2)C=C4)C=C1. The van der Waals surface area contributed by atoms with Crippen molar-refractivity contribution >= 4 is 50.9 Å². The van der Waals surface area contributed by atoms with Gasteiger partial charge in [-0.15, -0.1) is 0 Å². The van der Waals surface area contributed by atoms with Crippen LogP contribution in [0.5, 0.6) is 0 Å². The van der Waals surface area contributed by atoms with E-state index in [0.717, 1.165) is 73.5 Å². The maximum absolute atomic E-state index is 5.30. The Labute approximate surface area is 372 Å². The fraction of sp³-hybridized carbons (Fsp3) is 0.0877. The molecule has 0 saturated carbocycles. The number of pyridine rings is 2. The minimum Gasteiger partial charge on any atom is -0.374 e. The Morgan fingerprint density at radius 3 is 2.17 bits per heavy atom. The van der Waals surface area contributed by atoms with Gasteiger partial charge in [0.1, 0.15) is 17.7 Å². The largest absolute Gasteiger partial charge is 0.374 e. The van der Waals surface area contributed by atoms with Crippen LogP contribution < -0.4 is 16.0 Å². The predicted molar refractivity (Wildman–Crippen MR) is 262 cm³/mol. The van der Waals surface area contributed by atoms with Gasteiger partial charge in [0.2, 0.25) is 0 Å². The zero-order valence-electron chi connectivity index (χ0n) is 34.9. The van der Waals surface area contributed by atoms with Gasteiger partial charge in [0.25, 0.3) is 0 Å². The first-order valence-electron chi connectivity index (χ1n) is 22.0. The van der Waals surface area contributed by atoms with Crippen molar-refractivity contribution in [3.63, 3.8) is 0 Å². The third-order valence-corrected chi connectivity index (χ3v) is 12.7. The molecule has 4 unspecified atom stereocenters. The molecule has 64 heavy (non-hydrogen) atoms. The van der Waals surface area contributed by atoms with Crippen LogP contribution in [0.15, 0.2) is 227 Å². The molecule has 0 saturated heterocycles. The van der Waals surface area contributed by atoms with Gasteiger partial charge in [-0.25, -0.2) is 20.0 Å². The van der Waals surface area contributed by atoms with Gasteiger partial charge in [-0.1, -0.05) is 182 Å². The summed E-state index contributed by atoms with van der Waals surface area (Å²) in [6.07, 6.45) is 23.2. The van der Waals surface area contributed by atoms with E-state index in [1.165, 1.54) is 27.8 Å². The minimum absolute atomic E-state index is 0.0429. The van der Waals surface area contributed by atoms with Crippen LogP contribution in [0.2, 0.25) is 0 Å². The number of nitrogens with one attached hydrogen (secondary N) is 3. The van der Waals surface area contributed by atoms with Gasteiger partial charge in [0, 0.05) is 33.6 Å². The van der Waals surface area contributed by atoms with Crippen LogP contribution in [0.25, 0.3) is 33.6 Å². The van der Waals surface area contributed by atoms with Crippen molar-refractivity contribution in [1.82, 2.24) is 20.6 Å². The molecule has 2 aliphatic carbocycles. The number of rotatable bonds is 7. The summed E-state index contributed by atoms with van der Waals surface area (Å²) in [5.74, 6) is 1.58. The summed E-state index contributed by atoms with van der Waals surface area (Å²) in [6.45, 7) is 0. The lowest BCUT2D eigenvalue weighted by Crippen LogP contribution is -2.33. The summed E-state index contributed by atoms with van der Waals surface area (Å²) in [5.41, 5.74) is 15.1. The maximum Gasteiger partial charge on any atom is 0.178 e.